The predicted octanol–water partition coefficient (Wildman–Crippen LogP) is 3.86. The third-order valence-electron chi connectivity index (χ3n) is 3.54. The molecule has 4 rings (SSSR count). The van der Waals surface area contributed by atoms with E-state index in [0.29, 0.717) is 31.7 Å². The number of thiocarbonyl (C=S) groups is 1. The minimum absolute atomic E-state index is 0.241. The maximum Gasteiger partial charge on any atom is 0.263 e. The number of fused-ring (bicyclic) bond motifs is 1. The van der Waals surface area contributed by atoms with Gasteiger partial charge < -0.3 is 9.73 Å². The molecule has 0 aliphatic carbocycles. The van der Waals surface area contributed by atoms with Crippen LogP contribution in [-0.2, 0) is 4.79 Å². The number of nitrogens with zero attached hydrogens (tertiary/aromatic N) is 1. The average Bonchev–Trinajstić information content (AvgIpc) is 3.17. The van der Waals surface area contributed by atoms with E-state index in [4.69, 9.17) is 16.6 Å². The van der Waals surface area contributed by atoms with Crippen molar-refractivity contribution in [1.82, 2.24) is 10.3 Å². The number of pyridine rings is 1. The Morgan fingerprint density at radius 2 is 2.04 bits per heavy atom. The Morgan fingerprint density at radius 3 is 2.77 bits per heavy atom. The van der Waals surface area contributed by atoms with Crippen LogP contribution in [0.3, 0.4) is 0 Å². The van der Waals surface area contributed by atoms with Gasteiger partial charge in [-0.25, -0.2) is 4.39 Å². The third kappa shape index (κ3) is 3.38. The van der Waals surface area contributed by atoms with E-state index in [-0.39, 0.29) is 11.7 Å². The number of amides is 1. The van der Waals surface area contributed by atoms with E-state index in [1.165, 1.54) is 23.9 Å². The van der Waals surface area contributed by atoms with Gasteiger partial charge in [0.2, 0.25) is 0 Å². The van der Waals surface area contributed by atoms with Gasteiger partial charge in [0.15, 0.2) is 5.58 Å². The van der Waals surface area contributed by atoms with Gasteiger partial charge in [0.25, 0.3) is 5.91 Å². The molecule has 1 aliphatic heterocycles. The summed E-state index contributed by atoms with van der Waals surface area (Å²) in [4.78, 5) is 16.4. The van der Waals surface area contributed by atoms with Crippen LogP contribution >= 0.6 is 24.0 Å². The number of aromatic nitrogens is 1. The number of furan rings is 1. The molecule has 4 nitrogen and oxygen atoms in total. The van der Waals surface area contributed by atoms with E-state index in [9.17, 15) is 9.18 Å². The molecule has 0 saturated carbocycles. The van der Waals surface area contributed by atoms with Crippen LogP contribution in [0.5, 0.6) is 0 Å². The van der Waals surface area contributed by atoms with Crippen LogP contribution in [-0.4, -0.2) is 15.2 Å². The lowest BCUT2D eigenvalue weighted by Gasteiger charge is -1.93. The lowest BCUT2D eigenvalue weighted by atomic mass is 10.2. The summed E-state index contributed by atoms with van der Waals surface area (Å²) in [7, 11) is 0. The first-order chi connectivity index (χ1) is 12.6. The van der Waals surface area contributed by atoms with Crippen molar-refractivity contribution in [1.29, 1.82) is 0 Å². The molecule has 1 aromatic carbocycles. The van der Waals surface area contributed by atoms with Gasteiger partial charge in [-0.2, -0.15) is 0 Å². The maximum atomic E-state index is 13.0. The number of hydrogen-bond acceptors (Lipinski definition) is 5. The molecule has 1 N–H and O–H groups in total. The second kappa shape index (κ2) is 6.75. The van der Waals surface area contributed by atoms with E-state index in [1.807, 2.05) is 0 Å². The Morgan fingerprint density at radius 1 is 1.23 bits per heavy atom. The molecular weight excluding hydrogens is 371 g/mol. The minimum atomic E-state index is -0.309. The van der Waals surface area contributed by atoms with E-state index < -0.39 is 0 Å². The first-order valence-electron chi connectivity index (χ1n) is 7.48. The molecule has 2 aromatic heterocycles. The summed E-state index contributed by atoms with van der Waals surface area (Å²) in [6, 6.07) is 7.70. The summed E-state index contributed by atoms with van der Waals surface area (Å²) in [5.41, 5.74) is 1.87. The quantitative estimate of drug-likeness (QED) is 0.395. The minimum Gasteiger partial charge on any atom is -0.455 e. The van der Waals surface area contributed by atoms with Crippen LogP contribution in [0.1, 0.15) is 16.9 Å². The molecule has 1 amide bonds. The molecule has 0 radical (unpaired) electrons. The van der Waals surface area contributed by atoms with Crippen molar-refractivity contribution in [3.63, 3.8) is 0 Å². The topological polar surface area (TPSA) is 55.1 Å². The zero-order chi connectivity index (χ0) is 18.1. The molecule has 7 heteroatoms. The second-order valence-electron chi connectivity index (χ2n) is 5.36. The van der Waals surface area contributed by atoms with Gasteiger partial charge in [0, 0.05) is 29.4 Å². The fraction of sp³-hybridized carbons (Fsp3) is 0. The Kier molecular flexibility index (Phi) is 4.29. The van der Waals surface area contributed by atoms with Crippen molar-refractivity contribution in [3.05, 3.63) is 70.3 Å². The number of halogens is 1. The smallest absolute Gasteiger partial charge is 0.263 e. The molecule has 0 unspecified atom stereocenters. The summed E-state index contributed by atoms with van der Waals surface area (Å²) in [5, 5.41) is 3.33. The van der Waals surface area contributed by atoms with Crippen LogP contribution in [0, 0.1) is 17.7 Å². The van der Waals surface area contributed by atoms with Crippen molar-refractivity contribution in [2.75, 3.05) is 0 Å². The van der Waals surface area contributed by atoms with Gasteiger partial charge in [-0.05, 0) is 30.3 Å². The van der Waals surface area contributed by atoms with E-state index in [1.54, 1.807) is 36.7 Å². The fourth-order valence-corrected chi connectivity index (χ4v) is 3.39. The standard InChI is InChI=1S/C19H9FN2O2S2/c20-14-5-2-11(3-6-14)1-4-12-9-21-10-13-7-15(24-17(12)13)8-16-18(23)22-19(25)26-16/h2-3,5-10H,(H,22,23,25). The molecule has 1 fully saturated rings. The first kappa shape index (κ1) is 16.5. The Labute approximate surface area is 157 Å². The molecule has 3 heterocycles. The average molecular weight is 380 g/mol. The predicted molar refractivity (Wildman–Crippen MR) is 103 cm³/mol. The number of nitrogens with one attached hydrogen (secondary N) is 1. The number of hydrogen-bond donors (Lipinski definition) is 1. The molecule has 126 valence electrons. The highest BCUT2D eigenvalue weighted by Crippen LogP contribution is 2.29. The molecular formula is C19H9FN2O2S2. The SMILES string of the molecule is O=C1NC(=S)SC1=Cc1cc2cncc(C#Cc3ccc(F)cc3)c2o1. The van der Waals surface area contributed by atoms with Crippen molar-refractivity contribution in [2.45, 2.75) is 0 Å². The van der Waals surface area contributed by atoms with E-state index >= 15 is 0 Å². The van der Waals surface area contributed by atoms with Gasteiger partial charge in [-0.1, -0.05) is 35.8 Å². The number of thioether (sulfide) groups is 1. The lowest BCUT2D eigenvalue weighted by molar-refractivity contribution is -0.115. The highest BCUT2D eigenvalue weighted by Gasteiger charge is 2.22. The summed E-state index contributed by atoms with van der Waals surface area (Å²) < 4.78 is 19.2. The lowest BCUT2D eigenvalue weighted by Crippen LogP contribution is -2.17. The van der Waals surface area contributed by atoms with Crippen molar-refractivity contribution in [2.24, 2.45) is 0 Å². The molecule has 3 aromatic rings. The highest BCUT2D eigenvalue weighted by atomic mass is 32.2. The Bertz CT molecular complexity index is 1140. The van der Waals surface area contributed by atoms with Crippen molar-refractivity contribution < 1.29 is 13.6 Å². The summed E-state index contributed by atoms with van der Waals surface area (Å²) in [5.74, 6) is 5.91. The molecule has 26 heavy (non-hydrogen) atoms. The summed E-state index contributed by atoms with van der Waals surface area (Å²) >= 11 is 6.16. The molecule has 0 spiro atoms. The Hall–Kier alpha value is -2.95. The largest absolute Gasteiger partial charge is 0.455 e. The first-order valence-corrected chi connectivity index (χ1v) is 8.71. The van der Waals surface area contributed by atoms with Gasteiger partial charge in [0.05, 0.1) is 10.5 Å². The molecule has 1 saturated heterocycles. The fourth-order valence-electron chi connectivity index (χ4n) is 2.37. The third-order valence-corrected chi connectivity index (χ3v) is 4.71. The molecule has 0 bridgehead atoms. The van der Waals surface area contributed by atoms with Gasteiger partial charge >= 0.3 is 0 Å². The zero-order valence-electron chi connectivity index (χ0n) is 13.1. The van der Waals surface area contributed by atoms with Crippen molar-refractivity contribution >= 4 is 51.3 Å². The monoisotopic (exact) mass is 380 g/mol. The van der Waals surface area contributed by atoms with Gasteiger partial charge in [0.1, 0.15) is 15.9 Å². The van der Waals surface area contributed by atoms with Crippen LogP contribution in [0.25, 0.3) is 17.0 Å². The van der Waals surface area contributed by atoms with Crippen molar-refractivity contribution in [3.8, 4) is 11.8 Å². The zero-order valence-corrected chi connectivity index (χ0v) is 14.7. The number of carbonyl (C=O) groups is 1. The van der Waals surface area contributed by atoms with Crippen LogP contribution in [0.4, 0.5) is 4.39 Å². The van der Waals surface area contributed by atoms with Crippen LogP contribution in [0.15, 0.2) is 52.0 Å². The maximum absolute atomic E-state index is 13.0. The summed E-state index contributed by atoms with van der Waals surface area (Å²) in [6.45, 7) is 0. The number of carbonyl (C=O) groups excluding carboxylic acids is 1. The van der Waals surface area contributed by atoms with E-state index in [0.717, 1.165) is 5.39 Å². The van der Waals surface area contributed by atoms with Gasteiger partial charge in [-0.15, -0.1) is 0 Å². The normalized spacial score (nSPS) is 15.2. The highest BCUT2D eigenvalue weighted by molar-refractivity contribution is 8.26. The van der Waals surface area contributed by atoms with Crippen LogP contribution < -0.4 is 5.32 Å². The summed E-state index contributed by atoms with van der Waals surface area (Å²) in [6.07, 6.45) is 4.90. The molecule has 0 atom stereocenters. The number of rotatable bonds is 1. The van der Waals surface area contributed by atoms with E-state index in [2.05, 4.69) is 22.1 Å². The Balaban J connectivity index is 1.70. The second-order valence-corrected chi connectivity index (χ2v) is 7.08. The number of benzene rings is 1. The molecule has 1 aliphatic rings. The van der Waals surface area contributed by atoms with Gasteiger partial charge in [-0.3, -0.25) is 9.78 Å². The van der Waals surface area contributed by atoms with Crippen LogP contribution in [0.2, 0.25) is 0 Å².